The van der Waals surface area contributed by atoms with E-state index in [2.05, 4.69) is 175 Å². The molecule has 0 aliphatic heterocycles. The number of fused-ring (bicyclic) bond motifs is 2. The maximum atomic E-state index is 12.5. The third-order valence-corrected chi connectivity index (χ3v) is 15.5. The minimum absolute atomic E-state index is 0.0283. The van der Waals surface area contributed by atoms with Crippen LogP contribution in [-0.4, -0.2) is 49.8 Å². The molecule has 0 atom stereocenters. The zero-order chi connectivity index (χ0) is 54.0. The van der Waals surface area contributed by atoms with Gasteiger partial charge in [0.15, 0.2) is 5.78 Å². The summed E-state index contributed by atoms with van der Waals surface area (Å²) in [5, 5.41) is 33.2. The van der Waals surface area contributed by atoms with Crippen LogP contribution < -0.4 is 0 Å². The lowest BCUT2D eigenvalue weighted by molar-refractivity contribution is -0.385. The molecule has 8 aromatic carbocycles. The highest BCUT2D eigenvalue weighted by Gasteiger charge is 2.43. The molecule has 0 aliphatic carbocycles. The van der Waals surface area contributed by atoms with Crippen LogP contribution in [0.1, 0.15) is 38.9 Å². The van der Waals surface area contributed by atoms with Crippen LogP contribution in [0.4, 0.5) is 5.69 Å². The summed E-state index contributed by atoms with van der Waals surface area (Å²) in [6.07, 6.45) is 9.09. The second-order valence-corrected chi connectivity index (χ2v) is 20.5. The van der Waals surface area contributed by atoms with Gasteiger partial charge in [-0.3, -0.25) is 24.3 Å². The summed E-state index contributed by atoms with van der Waals surface area (Å²) in [6, 6.07) is 69.3. The summed E-state index contributed by atoms with van der Waals surface area (Å²) in [7, 11) is 3.76. The zero-order valence-corrected chi connectivity index (χ0v) is 45.6. The summed E-state index contributed by atoms with van der Waals surface area (Å²) in [6.45, 7) is 3.68. The van der Waals surface area contributed by atoms with Crippen molar-refractivity contribution < 1.29 is 9.72 Å². The van der Waals surface area contributed by atoms with Gasteiger partial charge in [0.05, 0.1) is 32.8 Å². The van der Waals surface area contributed by atoms with Gasteiger partial charge in [-0.25, -0.2) is 9.36 Å². The van der Waals surface area contributed by atoms with Gasteiger partial charge in [0.2, 0.25) is 0 Å². The largest absolute Gasteiger partial charge is 0.295 e. The molecule has 0 fully saturated rings. The van der Waals surface area contributed by atoms with Crippen LogP contribution in [0.5, 0.6) is 0 Å². The summed E-state index contributed by atoms with van der Waals surface area (Å²) in [4.78, 5) is 24.1. The Hall–Kier alpha value is -9.11. The molecule has 12 nitrogen and oxygen atoms in total. The number of allylic oxidation sites excluding steroid dienone is 1. The standard InChI is InChI=1S/C34H27BrN4O.C30H22BrN5O2/c1-3-29(40)19-24-20-32-30(21-31(24)35)33(25-22-36-38(2)23-25)37-39(32)34(26-13-7-4-8-14-26,27-15-9-5-10-16-27)28-17-11-6-12-18-28;1-34-20-21(19-32-34)29-25-17-26(31)28(36(37)38)18-27(25)35(33-29)30(22-11-5-2-6-12-22,23-13-7-3-8-14-23)24-15-9-4-10-16-24/h3-18,20-23H,1,19H2,2H3;2-20H,1H3. The molecule has 0 radical (unpaired) electrons. The number of nitro benzene ring substituents is 1. The van der Waals surface area contributed by atoms with Crippen molar-refractivity contribution in [3.8, 4) is 22.5 Å². The molecule has 0 aliphatic rings. The predicted octanol–water partition coefficient (Wildman–Crippen LogP) is 14.3. The van der Waals surface area contributed by atoms with Crippen LogP contribution in [-0.2, 0) is 36.4 Å². The van der Waals surface area contributed by atoms with Crippen molar-refractivity contribution in [2.75, 3.05) is 0 Å². The topological polar surface area (TPSA) is 131 Å². The SMILES string of the molecule is C=CC(=O)Cc1cc2c(cc1Br)c(-c1cnn(C)c1)nn2C(c1ccccc1)(c1ccccc1)c1ccccc1.Cn1cc(-c2nn(C(c3ccccc3)(c3ccccc3)c3ccccc3)c3cc([N+](=O)[O-])c(Br)cc23)cn1. The lowest BCUT2D eigenvalue weighted by Crippen LogP contribution is -2.38. The third kappa shape index (κ3) is 9.07. The van der Waals surface area contributed by atoms with E-state index >= 15 is 0 Å². The van der Waals surface area contributed by atoms with Crippen molar-refractivity contribution in [2.24, 2.45) is 14.1 Å². The molecule has 12 rings (SSSR count). The van der Waals surface area contributed by atoms with Crippen LogP contribution in [0.3, 0.4) is 0 Å². The number of carbonyl (C=O) groups is 1. The number of aromatic nitrogens is 8. The Labute approximate surface area is 467 Å². The summed E-state index contributed by atoms with van der Waals surface area (Å²) >= 11 is 7.16. The highest BCUT2D eigenvalue weighted by atomic mass is 79.9. The van der Waals surface area contributed by atoms with Gasteiger partial charge in [-0.15, -0.1) is 0 Å². The fraction of sp³-hybridized carbons (Fsp3) is 0.0781. The Bertz CT molecular complexity index is 3930. The number of nitrogens with zero attached hydrogens (tertiary/aromatic N) is 9. The number of aryl methyl sites for hydroxylation is 2. The monoisotopic (exact) mass is 1150 g/mol. The fourth-order valence-corrected chi connectivity index (χ4v) is 11.6. The molecule has 14 heteroatoms. The van der Waals surface area contributed by atoms with Crippen LogP contribution >= 0.6 is 31.9 Å². The maximum Gasteiger partial charge on any atom is 0.285 e. The molecule has 0 unspecified atom stereocenters. The van der Waals surface area contributed by atoms with E-state index in [1.165, 1.54) is 6.08 Å². The van der Waals surface area contributed by atoms with Gasteiger partial charge < -0.3 is 0 Å². The van der Waals surface area contributed by atoms with E-state index in [1.54, 1.807) is 27.7 Å². The first-order chi connectivity index (χ1) is 38.0. The minimum atomic E-state index is -0.926. The number of nitro groups is 1. The molecule has 4 aromatic heterocycles. The second kappa shape index (κ2) is 21.5. The van der Waals surface area contributed by atoms with E-state index in [-0.39, 0.29) is 22.8 Å². The number of hydrogen-bond donors (Lipinski definition) is 0. The van der Waals surface area contributed by atoms with Crippen molar-refractivity contribution in [3.05, 3.63) is 302 Å². The maximum absolute atomic E-state index is 12.5. The highest BCUT2D eigenvalue weighted by molar-refractivity contribution is 9.11. The number of benzene rings is 8. The summed E-state index contributed by atoms with van der Waals surface area (Å²) in [5.41, 5.74) is 10.0. The lowest BCUT2D eigenvalue weighted by Gasteiger charge is -2.37. The molecule has 0 spiro atoms. The zero-order valence-electron chi connectivity index (χ0n) is 42.4. The first kappa shape index (κ1) is 51.0. The average Bonchev–Trinajstić information content (AvgIpc) is 4.46. The Morgan fingerprint density at radius 2 is 0.872 bits per heavy atom. The first-order valence-electron chi connectivity index (χ1n) is 25.1. The second-order valence-electron chi connectivity index (χ2n) is 18.8. The van der Waals surface area contributed by atoms with Gasteiger partial charge in [-0.1, -0.05) is 204 Å². The number of halogens is 2. The van der Waals surface area contributed by atoms with Gasteiger partial charge in [0.25, 0.3) is 5.69 Å². The smallest absolute Gasteiger partial charge is 0.285 e. The number of ketones is 1. The molecule has 0 amide bonds. The van der Waals surface area contributed by atoms with Crippen LogP contribution in [0, 0.1) is 10.1 Å². The molecule has 12 aromatic rings. The van der Waals surface area contributed by atoms with Crippen molar-refractivity contribution in [1.29, 1.82) is 0 Å². The summed E-state index contributed by atoms with van der Waals surface area (Å²) in [5.74, 6) is -0.0426. The van der Waals surface area contributed by atoms with Crippen LogP contribution in [0.25, 0.3) is 44.3 Å². The van der Waals surface area contributed by atoms with Crippen molar-refractivity contribution >= 4 is 65.1 Å². The van der Waals surface area contributed by atoms with E-state index in [0.717, 1.165) is 76.5 Å². The Kier molecular flexibility index (Phi) is 14.1. The van der Waals surface area contributed by atoms with Gasteiger partial charge in [0, 0.05) is 65.3 Å². The van der Waals surface area contributed by atoms with Crippen LogP contribution in [0.15, 0.2) is 253 Å². The molecular weight excluding hydrogens is 1100 g/mol. The van der Waals surface area contributed by atoms with Crippen molar-refractivity contribution in [3.63, 3.8) is 0 Å². The molecule has 0 saturated heterocycles. The van der Waals surface area contributed by atoms with E-state index in [9.17, 15) is 14.9 Å². The molecule has 382 valence electrons. The highest BCUT2D eigenvalue weighted by Crippen LogP contribution is 2.47. The van der Waals surface area contributed by atoms with E-state index in [1.807, 2.05) is 110 Å². The molecule has 0 saturated carbocycles. The number of carbonyl (C=O) groups excluding carboxylic acids is 1. The fourth-order valence-electron chi connectivity index (χ4n) is 10.7. The van der Waals surface area contributed by atoms with E-state index in [0.29, 0.717) is 15.7 Å². The van der Waals surface area contributed by atoms with Gasteiger partial charge in [-0.05, 0) is 79.1 Å². The molecule has 0 N–H and O–H groups in total. The Morgan fingerprint density at radius 1 is 0.538 bits per heavy atom. The minimum Gasteiger partial charge on any atom is -0.295 e. The molecular formula is C64H49Br2N9O3. The van der Waals surface area contributed by atoms with Gasteiger partial charge >= 0.3 is 0 Å². The Balaban J connectivity index is 0.000000166. The normalized spacial score (nSPS) is 11.6. The third-order valence-electron chi connectivity index (χ3n) is 14.1. The van der Waals surface area contributed by atoms with E-state index < -0.39 is 11.1 Å². The lowest BCUT2D eigenvalue weighted by atomic mass is 9.77. The predicted molar refractivity (Wildman–Crippen MR) is 314 cm³/mol. The van der Waals surface area contributed by atoms with Gasteiger partial charge in [0.1, 0.15) is 22.5 Å². The van der Waals surface area contributed by atoms with Gasteiger partial charge in [-0.2, -0.15) is 20.4 Å². The van der Waals surface area contributed by atoms with Crippen molar-refractivity contribution in [1.82, 2.24) is 39.1 Å². The van der Waals surface area contributed by atoms with Crippen LogP contribution in [0.2, 0.25) is 0 Å². The summed E-state index contributed by atoms with van der Waals surface area (Å²) < 4.78 is 8.81. The average molecular weight is 1150 g/mol. The molecule has 4 heterocycles. The van der Waals surface area contributed by atoms with Crippen molar-refractivity contribution in [2.45, 2.75) is 17.5 Å². The quantitative estimate of drug-likeness (QED) is 0.0458. The first-order valence-corrected chi connectivity index (χ1v) is 26.7. The molecule has 0 bridgehead atoms. The number of rotatable bonds is 14. The molecule has 78 heavy (non-hydrogen) atoms. The van der Waals surface area contributed by atoms with E-state index in [4.69, 9.17) is 10.2 Å². The Morgan fingerprint density at radius 3 is 1.18 bits per heavy atom. The number of hydrogen-bond acceptors (Lipinski definition) is 7.